The smallest absolute Gasteiger partial charge is 0.0621 e. The fraction of sp³-hybridized carbons (Fsp3) is 0.0690. The van der Waals surface area contributed by atoms with Crippen molar-refractivity contribution >= 4 is 110 Å². The van der Waals surface area contributed by atoms with Crippen LogP contribution >= 0.6 is 0 Å². The fourth-order valence-corrected chi connectivity index (χ4v) is 10.8. The predicted octanol–water partition coefficient (Wildman–Crippen LogP) is 16.2. The number of aromatic nitrogens is 2. The van der Waals surface area contributed by atoms with Crippen molar-refractivity contribution < 1.29 is 0 Å². The van der Waals surface area contributed by atoms with Crippen molar-refractivity contribution in [2.24, 2.45) is 0 Å². The Labute approximate surface area is 359 Å². The summed E-state index contributed by atoms with van der Waals surface area (Å²) in [5.41, 5.74) is 19.5. The van der Waals surface area contributed by atoms with Gasteiger partial charge in [-0.3, -0.25) is 0 Å². The summed E-state index contributed by atoms with van der Waals surface area (Å²) >= 11 is 0. The quantitative estimate of drug-likeness (QED) is 0.167. The van der Waals surface area contributed by atoms with Crippen molar-refractivity contribution in [1.82, 2.24) is 8.80 Å². The molecule has 13 rings (SSSR count). The van der Waals surface area contributed by atoms with Gasteiger partial charge in [0, 0.05) is 65.8 Å². The first-order valence-electron chi connectivity index (χ1n) is 21.6. The molecule has 0 aliphatic carbocycles. The first kappa shape index (κ1) is 35.0. The lowest BCUT2D eigenvalue weighted by atomic mass is 10.0. The molecule has 62 heavy (non-hydrogen) atoms. The summed E-state index contributed by atoms with van der Waals surface area (Å²) < 4.78 is 5.08. The Morgan fingerprint density at radius 2 is 0.710 bits per heavy atom. The van der Waals surface area contributed by atoms with Gasteiger partial charge >= 0.3 is 0 Å². The zero-order valence-electron chi connectivity index (χ0n) is 35.1. The summed E-state index contributed by atoms with van der Waals surface area (Å²) in [6, 6.07) is 67.6. The van der Waals surface area contributed by atoms with Crippen molar-refractivity contribution in [1.29, 1.82) is 0 Å². The standard InChI is InChI=1S/C58H42N4/c1-35-27-29-37(3)51(31-35)59(39-15-7-5-8-16-39)47-23-13-25-49-55(47)43-21-11-19-41-45-34-54-46(33-53(45)61(49)57(41)43)42-20-12-22-44-56-48(24-14-26-50(56)62(54)58(42)44)60(40-17-9-6-10-18-40)52-32-36(2)28-30-38(52)4/h5-34H,1-4H3. The molecule has 0 bridgehead atoms. The van der Waals surface area contributed by atoms with Gasteiger partial charge in [0.2, 0.25) is 0 Å². The first-order valence-corrected chi connectivity index (χ1v) is 21.6. The SMILES string of the molecule is Cc1ccc(C)c(N(c2ccccc2)c2cccc3c2c2cccc4c5cc6c(cc5n3c42)c2cccc3c4c(N(c5ccccc5)c5cc(C)ccc5C)cccc4n6c23)c1. The minimum Gasteiger partial charge on any atom is -0.310 e. The molecule has 0 spiro atoms. The lowest BCUT2D eigenvalue weighted by molar-refractivity contribution is 1.25. The number of benzene rings is 9. The molecular weight excluding hydrogens is 753 g/mol. The zero-order valence-corrected chi connectivity index (χ0v) is 35.1. The highest BCUT2D eigenvalue weighted by molar-refractivity contribution is 6.31. The molecule has 0 atom stereocenters. The topological polar surface area (TPSA) is 15.3 Å². The molecule has 0 aliphatic heterocycles. The van der Waals surface area contributed by atoms with E-state index < -0.39 is 0 Å². The number of hydrogen-bond donors (Lipinski definition) is 0. The second-order valence-electron chi connectivity index (χ2n) is 17.2. The van der Waals surface area contributed by atoms with E-state index in [1.54, 1.807) is 0 Å². The van der Waals surface area contributed by atoms with Gasteiger partial charge in [-0.05, 0) is 123 Å². The predicted molar refractivity (Wildman–Crippen MR) is 264 cm³/mol. The Morgan fingerprint density at radius 3 is 1.15 bits per heavy atom. The Kier molecular flexibility index (Phi) is 7.25. The molecule has 0 N–H and O–H groups in total. The highest BCUT2D eigenvalue weighted by Gasteiger charge is 2.27. The van der Waals surface area contributed by atoms with Crippen molar-refractivity contribution in [2.45, 2.75) is 27.7 Å². The molecule has 4 aromatic heterocycles. The summed E-state index contributed by atoms with van der Waals surface area (Å²) in [7, 11) is 0. The minimum atomic E-state index is 1.15. The normalized spacial score (nSPS) is 12.2. The van der Waals surface area contributed by atoms with Gasteiger partial charge in [-0.1, -0.05) is 109 Å². The van der Waals surface area contributed by atoms with Gasteiger partial charge in [-0.15, -0.1) is 0 Å². The lowest BCUT2D eigenvalue weighted by Gasteiger charge is -2.28. The third kappa shape index (κ3) is 4.72. The van der Waals surface area contributed by atoms with Crippen LogP contribution in [0.3, 0.4) is 0 Å². The summed E-state index contributed by atoms with van der Waals surface area (Å²) in [6.07, 6.45) is 0. The summed E-state index contributed by atoms with van der Waals surface area (Å²) in [4.78, 5) is 4.91. The molecule has 4 nitrogen and oxygen atoms in total. The third-order valence-corrected chi connectivity index (χ3v) is 13.5. The zero-order chi connectivity index (χ0) is 41.4. The maximum atomic E-state index is 2.54. The van der Waals surface area contributed by atoms with Crippen molar-refractivity contribution in [3.63, 3.8) is 0 Å². The van der Waals surface area contributed by atoms with Gasteiger partial charge in [0.05, 0.1) is 44.5 Å². The van der Waals surface area contributed by atoms with Gasteiger partial charge < -0.3 is 18.6 Å². The highest BCUT2D eigenvalue weighted by atomic mass is 15.2. The molecule has 0 saturated heterocycles. The molecule has 0 unspecified atom stereocenters. The number of nitrogens with zero attached hydrogens (tertiary/aromatic N) is 4. The second kappa shape index (κ2) is 12.8. The van der Waals surface area contributed by atoms with Gasteiger partial charge in [-0.2, -0.15) is 0 Å². The van der Waals surface area contributed by atoms with Crippen LogP contribution in [0.4, 0.5) is 34.1 Å². The summed E-state index contributed by atoms with van der Waals surface area (Å²) in [5.74, 6) is 0. The molecule has 0 saturated carbocycles. The largest absolute Gasteiger partial charge is 0.310 e. The monoisotopic (exact) mass is 794 g/mol. The van der Waals surface area contributed by atoms with E-state index >= 15 is 0 Å². The van der Waals surface area contributed by atoms with E-state index in [0.717, 1.165) is 11.4 Å². The number of fused-ring (bicyclic) bond motifs is 12. The molecular formula is C58H42N4. The van der Waals surface area contributed by atoms with E-state index in [1.165, 1.54) is 121 Å². The van der Waals surface area contributed by atoms with Gasteiger partial charge in [0.25, 0.3) is 0 Å². The second-order valence-corrected chi connectivity index (χ2v) is 17.2. The third-order valence-electron chi connectivity index (χ3n) is 13.5. The van der Waals surface area contributed by atoms with Crippen LogP contribution in [0.25, 0.3) is 76.2 Å². The van der Waals surface area contributed by atoms with Crippen LogP contribution in [-0.4, -0.2) is 8.80 Å². The Morgan fingerprint density at radius 1 is 0.306 bits per heavy atom. The minimum absolute atomic E-state index is 1.15. The Bertz CT molecular complexity index is 3650. The maximum absolute atomic E-state index is 2.54. The molecule has 9 aromatic carbocycles. The van der Waals surface area contributed by atoms with Crippen LogP contribution in [0, 0.1) is 27.7 Å². The van der Waals surface area contributed by atoms with Gasteiger partial charge in [0.15, 0.2) is 0 Å². The first-order chi connectivity index (χ1) is 30.4. The average Bonchev–Trinajstić information content (AvgIpc) is 4.03. The molecule has 0 radical (unpaired) electrons. The van der Waals surface area contributed by atoms with E-state index in [2.05, 4.69) is 228 Å². The van der Waals surface area contributed by atoms with Crippen LogP contribution in [0.1, 0.15) is 22.3 Å². The molecule has 0 fully saturated rings. The lowest BCUT2D eigenvalue weighted by Crippen LogP contribution is -2.12. The molecule has 13 aromatic rings. The Balaban J connectivity index is 1.10. The van der Waals surface area contributed by atoms with Crippen molar-refractivity contribution in [2.75, 3.05) is 9.80 Å². The van der Waals surface area contributed by atoms with E-state index in [4.69, 9.17) is 0 Å². The van der Waals surface area contributed by atoms with Crippen molar-refractivity contribution in [3.05, 3.63) is 204 Å². The molecule has 0 amide bonds. The molecule has 4 heterocycles. The highest BCUT2D eigenvalue weighted by Crippen LogP contribution is 2.50. The number of aryl methyl sites for hydroxylation is 4. The van der Waals surface area contributed by atoms with Crippen LogP contribution in [0.5, 0.6) is 0 Å². The number of hydrogen-bond acceptors (Lipinski definition) is 2. The Hall–Kier alpha value is -7.82. The molecule has 0 aliphatic rings. The fourth-order valence-electron chi connectivity index (χ4n) is 10.8. The number of anilines is 6. The van der Waals surface area contributed by atoms with E-state index in [-0.39, 0.29) is 0 Å². The summed E-state index contributed by atoms with van der Waals surface area (Å²) in [5, 5.41) is 10.1. The molecule has 4 heteroatoms. The van der Waals surface area contributed by atoms with Crippen LogP contribution in [-0.2, 0) is 0 Å². The average molecular weight is 795 g/mol. The van der Waals surface area contributed by atoms with Gasteiger partial charge in [0.1, 0.15) is 0 Å². The van der Waals surface area contributed by atoms with Crippen LogP contribution in [0.15, 0.2) is 182 Å². The van der Waals surface area contributed by atoms with E-state index in [9.17, 15) is 0 Å². The summed E-state index contributed by atoms with van der Waals surface area (Å²) in [6.45, 7) is 8.81. The van der Waals surface area contributed by atoms with Crippen molar-refractivity contribution in [3.8, 4) is 0 Å². The van der Waals surface area contributed by atoms with Crippen LogP contribution < -0.4 is 9.80 Å². The number of rotatable bonds is 6. The van der Waals surface area contributed by atoms with E-state index in [1.807, 2.05) is 0 Å². The number of para-hydroxylation sites is 4. The van der Waals surface area contributed by atoms with Crippen LogP contribution in [0.2, 0.25) is 0 Å². The molecule has 294 valence electrons. The van der Waals surface area contributed by atoms with Gasteiger partial charge in [-0.25, -0.2) is 0 Å². The van der Waals surface area contributed by atoms with E-state index in [0.29, 0.717) is 0 Å². The maximum Gasteiger partial charge on any atom is 0.0621 e.